The van der Waals surface area contributed by atoms with Crippen molar-refractivity contribution in [2.45, 2.75) is 20.3 Å². The Labute approximate surface area is 95.3 Å². The van der Waals surface area contributed by atoms with Gasteiger partial charge in [-0.05, 0) is 19.3 Å². The fourth-order valence-corrected chi connectivity index (χ4v) is 1.32. The summed E-state index contributed by atoms with van der Waals surface area (Å²) < 4.78 is 0. The van der Waals surface area contributed by atoms with Gasteiger partial charge < -0.3 is 10.4 Å². The van der Waals surface area contributed by atoms with Crippen LogP contribution in [0.4, 0.5) is 11.8 Å². The molecule has 0 aliphatic heterocycles. The van der Waals surface area contributed by atoms with E-state index in [0.717, 1.165) is 24.5 Å². The maximum atomic E-state index is 8.78. The molecule has 6 heteroatoms. The predicted molar refractivity (Wildman–Crippen MR) is 63.9 cm³/mol. The molecule has 0 saturated carbocycles. The number of nitrogens with zero attached hydrogens (tertiary/aromatic N) is 2. The third-order valence-corrected chi connectivity index (χ3v) is 2.24. The first-order chi connectivity index (χ1) is 7.65. The summed E-state index contributed by atoms with van der Waals surface area (Å²) >= 11 is 0. The Morgan fingerprint density at radius 1 is 1.50 bits per heavy atom. The first kappa shape index (κ1) is 12.7. The Balaban J connectivity index is 2.56. The van der Waals surface area contributed by atoms with Gasteiger partial charge in [-0.3, -0.25) is 5.43 Å². The highest BCUT2D eigenvalue weighted by Crippen LogP contribution is 2.10. The molecule has 1 atom stereocenters. The van der Waals surface area contributed by atoms with E-state index < -0.39 is 0 Å². The van der Waals surface area contributed by atoms with Crippen molar-refractivity contribution in [3.05, 3.63) is 11.8 Å². The quantitative estimate of drug-likeness (QED) is 0.416. The van der Waals surface area contributed by atoms with Gasteiger partial charge in [-0.2, -0.15) is 4.98 Å². The van der Waals surface area contributed by atoms with Gasteiger partial charge in [0.05, 0.1) is 0 Å². The SMILES string of the molecule is Cc1cc(NCC(C)CCO)nc(NN)n1. The zero-order valence-corrected chi connectivity index (χ0v) is 9.70. The summed E-state index contributed by atoms with van der Waals surface area (Å²) in [6, 6.07) is 1.85. The van der Waals surface area contributed by atoms with Crippen LogP contribution in [0, 0.1) is 12.8 Å². The van der Waals surface area contributed by atoms with Crippen LogP contribution in [0.25, 0.3) is 0 Å². The fourth-order valence-electron chi connectivity index (χ4n) is 1.32. The number of anilines is 2. The normalized spacial score (nSPS) is 12.2. The largest absolute Gasteiger partial charge is 0.396 e. The summed E-state index contributed by atoms with van der Waals surface area (Å²) in [5, 5.41) is 12.0. The standard InChI is InChI=1S/C10H19N5O/c1-7(3-4-16)6-12-9-5-8(2)13-10(14-9)15-11/h5,7,16H,3-4,6,11H2,1-2H3,(H2,12,13,14,15). The molecule has 1 unspecified atom stereocenters. The van der Waals surface area contributed by atoms with Gasteiger partial charge in [0.25, 0.3) is 0 Å². The summed E-state index contributed by atoms with van der Waals surface area (Å²) in [5.41, 5.74) is 3.27. The molecule has 1 aromatic rings. The van der Waals surface area contributed by atoms with Crippen LogP contribution >= 0.6 is 0 Å². The molecule has 5 N–H and O–H groups in total. The molecular weight excluding hydrogens is 206 g/mol. The van der Waals surface area contributed by atoms with Crippen molar-refractivity contribution >= 4 is 11.8 Å². The number of hydrazine groups is 1. The van der Waals surface area contributed by atoms with Crippen LogP contribution in [-0.4, -0.2) is 28.2 Å². The van der Waals surface area contributed by atoms with E-state index in [2.05, 4.69) is 27.6 Å². The van der Waals surface area contributed by atoms with E-state index in [1.54, 1.807) is 0 Å². The molecule has 0 fully saturated rings. The van der Waals surface area contributed by atoms with E-state index >= 15 is 0 Å². The zero-order valence-electron chi connectivity index (χ0n) is 9.70. The van der Waals surface area contributed by atoms with E-state index in [1.807, 2.05) is 13.0 Å². The third-order valence-electron chi connectivity index (χ3n) is 2.24. The lowest BCUT2D eigenvalue weighted by Gasteiger charge is -2.12. The average Bonchev–Trinajstić information content (AvgIpc) is 2.26. The van der Waals surface area contributed by atoms with E-state index in [9.17, 15) is 0 Å². The number of hydrogen-bond donors (Lipinski definition) is 4. The Hall–Kier alpha value is -1.40. The first-order valence-corrected chi connectivity index (χ1v) is 5.32. The highest BCUT2D eigenvalue weighted by atomic mass is 16.3. The first-order valence-electron chi connectivity index (χ1n) is 5.32. The maximum Gasteiger partial charge on any atom is 0.239 e. The number of nitrogen functional groups attached to an aromatic ring is 1. The van der Waals surface area contributed by atoms with Crippen LogP contribution in [0.3, 0.4) is 0 Å². The lowest BCUT2D eigenvalue weighted by atomic mass is 10.1. The van der Waals surface area contributed by atoms with Crippen molar-refractivity contribution in [3.63, 3.8) is 0 Å². The summed E-state index contributed by atoms with van der Waals surface area (Å²) in [5.74, 6) is 6.79. The maximum absolute atomic E-state index is 8.78. The number of aliphatic hydroxyl groups is 1. The van der Waals surface area contributed by atoms with E-state index in [1.165, 1.54) is 0 Å². The highest BCUT2D eigenvalue weighted by Gasteiger charge is 2.03. The molecule has 0 bridgehead atoms. The molecule has 16 heavy (non-hydrogen) atoms. The van der Waals surface area contributed by atoms with Gasteiger partial charge in [0.2, 0.25) is 5.95 Å². The second-order valence-electron chi connectivity index (χ2n) is 3.86. The monoisotopic (exact) mass is 225 g/mol. The number of nitrogens with one attached hydrogen (secondary N) is 2. The Morgan fingerprint density at radius 2 is 2.25 bits per heavy atom. The molecule has 1 heterocycles. The van der Waals surface area contributed by atoms with Crippen LogP contribution < -0.4 is 16.6 Å². The third kappa shape index (κ3) is 4.00. The van der Waals surface area contributed by atoms with Crippen molar-refractivity contribution < 1.29 is 5.11 Å². The topological polar surface area (TPSA) is 96.1 Å². The van der Waals surface area contributed by atoms with Gasteiger partial charge in [-0.1, -0.05) is 6.92 Å². The second-order valence-corrected chi connectivity index (χ2v) is 3.86. The minimum absolute atomic E-state index is 0.210. The van der Waals surface area contributed by atoms with Crippen molar-refractivity contribution in [2.75, 3.05) is 23.9 Å². The van der Waals surface area contributed by atoms with Gasteiger partial charge in [0.1, 0.15) is 5.82 Å². The van der Waals surface area contributed by atoms with Gasteiger partial charge in [0, 0.05) is 24.9 Å². The molecule has 0 aromatic carbocycles. The minimum atomic E-state index is 0.210. The summed E-state index contributed by atoms with van der Waals surface area (Å²) in [7, 11) is 0. The van der Waals surface area contributed by atoms with Crippen molar-refractivity contribution in [2.24, 2.45) is 11.8 Å². The Kier molecular flexibility index (Phi) is 4.94. The zero-order chi connectivity index (χ0) is 12.0. The molecule has 0 spiro atoms. The van der Waals surface area contributed by atoms with E-state index in [-0.39, 0.29) is 6.61 Å². The number of hydrogen-bond acceptors (Lipinski definition) is 6. The number of aromatic nitrogens is 2. The second kappa shape index (κ2) is 6.24. The summed E-state index contributed by atoms with van der Waals surface area (Å²) in [6.07, 6.45) is 0.777. The molecule has 0 aliphatic carbocycles. The Morgan fingerprint density at radius 3 is 2.88 bits per heavy atom. The molecule has 0 radical (unpaired) electrons. The molecule has 90 valence electrons. The fraction of sp³-hybridized carbons (Fsp3) is 0.600. The van der Waals surface area contributed by atoms with E-state index in [0.29, 0.717) is 11.9 Å². The molecule has 1 rings (SSSR count). The van der Waals surface area contributed by atoms with Crippen LogP contribution in [0.15, 0.2) is 6.07 Å². The van der Waals surface area contributed by atoms with Gasteiger partial charge >= 0.3 is 0 Å². The number of aryl methyl sites for hydroxylation is 1. The van der Waals surface area contributed by atoms with Crippen LogP contribution in [0.2, 0.25) is 0 Å². The van der Waals surface area contributed by atoms with Crippen LogP contribution in [-0.2, 0) is 0 Å². The smallest absolute Gasteiger partial charge is 0.239 e. The van der Waals surface area contributed by atoms with Gasteiger partial charge in [0.15, 0.2) is 0 Å². The number of rotatable bonds is 6. The molecule has 0 aliphatic rings. The lowest BCUT2D eigenvalue weighted by molar-refractivity contribution is 0.266. The number of nitrogens with two attached hydrogens (primary N) is 1. The minimum Gasteiger partial charge on any atom is -0.396 e. The van der Waals surface area contributed by atoms with E-state index in [4.69, 9.17) is 10.9 Å². The van der Waals surface area contributed by atoms with Crippen LogP contribution in [0.5, 0.6) is 0 Å². The van der Waals surface area contributed by atoms with Crippen LogP contribution in [0.1, 0.15) is 19.0 Å². The van der Waals surface area contributed by atoms with Crippen molar-refractivity contribution in [3.8, 4) is 0 Å². The van der Waals surface area contributed by atoms with Crippen molar-refractivity contribution in [1.29, 1.82) is 0 Å². The van der Waals surface area contributed by atoms with Gasteiger partial charge in [-0.25, -0.2) is 10.8 Å². The lowest BCUT2D eigenvalue weighted by Crippen LogP contribution is -2.16. The molecule has 1 aromatic heterocycles. The molecule has 0 saturated heterocycles. The average molecular weight is 225 g/mol. The van der Waals surface area contributed by atoms with Crippen molar-refractivity contribution in [1.82, 2.24) is 9.97 Å². The molecule has 6 nitrogen and oxygen atoms in total. The molecule has 0 amide bonds. The summed E-state index contributed by atoms with van der Waals surface area (Å²) in [6.45, 7) is 4.92. The van der Waals surface area contributed by atoms with Gasteiger partial charge in [-0.15, -0.1) is 0 Å². The number of aliphatic hydroxyl groups excluding tert-OH is 1. The molecular formula is C10H19N5O. The summed E-state index contributed by atoms with van der Waals surface area (Å²) in [4.78, 5) is 8.25. The Bertz CT molecular complexity index is 331. The highest BCUT2D eigenvalue weighted by molar-refractivity contribution is 5.41. The predicted octanol–water partition coefficient (Wildman–Crippen LogP) is 0.501.